The van der Waals surface area contributed by atoms with Gasteiger partial charge in [0.2, 0.25) is 15.9 Å². The highest BCUT2D eigenvalue weighted by Crippen LogP contribution is 2.18. The molecule has 0 unspecified atom stereocenters. The fraction of sp³-hybridized carbons (Fsp3) is 0.529. The van der Waals surface area contributed by atoms with Crippen molar-refractivity contribution in [3.63, 3.8) is 0 Å². The third-order valence-corrected chi connectivity index (χ3v) is 7.36. The van der Waals surface area contributed by atoms with E-state index >= 15 is 0 Å². The lowest BCUT2D eigenvalue weighted by atomic mass is 10.2. The van der Waals surface area contributed by atoms with Crippen LogP contribution >= 0.6 is 11.8 Å². The molecule has 2 aliphatic heterocycles. The third-order valence-electron chi connectivity index (χ3n) is 4.62. The Balaban J connectivity index is 1.47. The van der Waals surface area contributed by atoms with Gasteiger partial charge in [0.15, 0.2) is 0 Å². The molecule has 0 atom stereocenters. The number of piperazine rings is 1. The smallest absolute Gasteiger partial charge is 0.281 e. The Labute approximate surface area is 158 Å². The van der Waals surface area contributed by atoms with Gasteiger partial charge in [-0.1, -0.05) is 42.1 Å². The van der Waals surface area contributed by atoms with Gasteiger partial charge in [-0.2, -0.15) is 4.31 Å². The first kappa shape index (κ1) is 19.2. The molecule has 7 nitrogen and oxygen atoms in total. The largest absolute Gasteiger partial charge is 0.340 e. The van der Waals surface area contributed by atoms with E-state index in [0.717, 1.165) is 11.3 Å². The zero-order valence-electron chi connectivity index (χ0n) is 14.5. The monoisotopic (exact) mass is 397 g/mol. The molecule has 0 saturated carbocycles. The van der Waals surface area contributed by atoms with Crippen LogP contribution in [0, 0.1) is 0 Å². The standard InChI is InChI=1S/C17H23N3O4S2/c21-16(6-7-19-12-13-25-17(19)22)18-8-10-20(11-9-18)26(23,24)14-15-4-2-1-3-5-15/h1-5H,6-14H2. The van der Waals surface area contributed by atoms with Gasteiger partial charge in [-0.15, -0.1) is 0 Å². The number of benzene rings is 1. The molecule has 2 fully saturated rings. The third kappa shape index (κ3) is 4.77. The predicted octanol–water partition coefficient (Wildman–Crippen LogP) is 1.22. The van der Waals surface area contributed by atoms with E-state index in [9.17, 15) is 18.0 Å². The van der Waals surface area contributed by atoms with E-state index < -0.39 is 10.0 Å². The van der Waals surface area contributed by atoms with Gasteiger partial charge in [0.05, 0.1) is 5.75 Å². The van der Waals surface area contributed by atoms with Crippen molar-refractivity contribution in [2.45, 2.75) is 12.2 Å². The summed E-state index contributed by atoms with van der Waals surface area (Å²) in [5.74, 6) is 0.747. The molecule has 0 radical (unpaired) electrons. The number of carbonyl (C=O) groups excluding carboxylic acids is 2. The van der Waals surface area contributed by atoms with Gasteiger partial charge in [-0.05, 0) is 5.56 Å². The Kier molecular flexibility index (Phi) is 6.20. The number of sulfonamides is 1. The minimum absolute atomic E-state index is 0.0173. The lowest BCUT2D eigenvalue weighted by Gasteiger charge is -2.34. The number of amides is 2. The minimum atomic E-state index is -3.38. The van der Waals surface area contributed by atoms with Crippen molar-refractivity contribution >= 4 is 32.9 Å². The SMILES string of the molecule is O=C(CCN1CCSC1=O)N1CCN(S(=O)(=O)Cc2ccccc2)CC1. The zero-order valence-corrected chi connectivity index (χ0v) is 16.2. The average Bonchev–Trinajstić information content (AvgIpc) is 3.05. The van der Waals surface area contributed by atoms with Gasteiger partial charge in [0, 0.05) is 51.4 Å². The Morgan fingerprint density at radius 1 is 1.04 bits per heavy atom. The van der Waals surface area contributed by atoms with Gasteiger partial charge in [-0.25, -0.2) is 8.42 Å². The van der Waals surface area contributed by atoms with Crippen LogP contribution in [-0.2, 0) is 20.6 Å². The zero-order chi connectivity index (χ0) is 18.6. The molecule has 0 N–H and O–H groups in total. The van der Waals surface area contributed by atoms with Gasteiger partial charge < -0.3 is 9.80 Å². The van der Waals surface area contributed by atoms with Crippen LogP contribution in [-0.4, -0.2) is 78.7 Å². The summed E-state index contributed by atoms with van der Waals surface area (Å²) in [4.78, 5) is 27.3. The number of rotatable bonds is 6. The van der Waals surface area contributed by atoms with Gasteiger partial charge in [-0.3, -0.25) is 9.59 Å². The number of carbonyl (C=O) groups is 2. The Morgan fingerprint density at radius 3 is 2.35 bits per heavy atom. The van der Waals surface area contributed by atoms with Crippen LogP contribution in [0.1, 0.15) is 12.0 Å². The summed E-state index contributed by atoms with van der Waals surface area (Å²) in [5, 5.41) is 0.0367. The van der Waals surface area contributed by atoms with E-state index in [0.29, 0.717) is 45.7 Å². The van der Waals surface area contributed by atoms with E-state index in [1.54, 1.807) is 21.9 Å². The van der Waals surface area contributed by atoms with Gasteiger partial charge >= 0.3 is 0 Å². The molecule has 9 heteroatoms. The van der Waals surface area contributed by atoms with Crippen molar-refractivity contribution in [3.8, 4) is 0 Å². The fourth-order valence-electron chi connectivity index (χ4n) is 3.11. The molecule has 2 saturated heterocycles. The molecular formula is C17H23N3O4S2. The van der Waals surface area contributed by atoms with Crippen LogP contribution in [0.4, 0.5) is 4.79 Å². The number of nitrogens with zero attached hydrogens (tertiary/aromatic N) is 3. The number of hydrogen-bond acceptors (Lipinski definition) is 5. The van der Waals surface area contributed by atoms with Crippen molar-refractivity contribution in [1.29, 1.82) is 0 Å². The molecule has 142 valence electrons. The maximum Gasteiger partial charge on any atom is 0.281 e. The summed E-state index contributed by atoms with van der Waals surface area (Å²) in [5.41, 5.74) is 0.763. The Hall–Kier alpha value is -1.58. The molecule has 1 aromatic rings. The van der Waals surface area contributed by atoms with Crippen LogP contribution in [0.3, 0.4) is 0 Å². The lowest BCUT2D eigenvalue weighted by Crippen LogP contribution is -2.51. The Morgan fingerprint density at radius 2 is 1.73 bits per heavy atom. The molecule has 2 aliphatic rings. The first-order valence-corrected chi connectivity index (χ1v) is 11.3. The maximum absolute atomic E-state index is 12.5. The summed E-state index contributed by atoms with van der Waals surface area (Å²) < 4.78 is 26.5. The molecule has 3 rings (SSSR count). The second kappa shape index (κ2) is 8.41. The second-order valence-corrected chi connectivity index (χ2v) is 9.39. The van der Waals surface area contributed by atoms with Gasteiger partial charge in [0.1, 0.15) is 0 Å². The molecule has 2 heterocycles. The van der Waals surface area contributed by atoms with Crippen LogP contribution in [0.25, 0.3) is 0 Å². The first-order chi connectivity index (χ1) is 12.5. The number of hydrogen-bond donors (Lipinski definition) is 0. The molecule has 2 amide bonds. The first-order valence-electron chi connectivity index (χ1n) is 8.67. The predicted molar refractivity (Wildman–Crippen MR) is 101 cm³/mol. The van der Waals surface area contributed by atoms with Crippen molar-refractivity contribution in [3.05, 3.63) is 35.9 Å². The number of thioether (sulfide) groups is 1. The maximum atomic E-state index is 12.5. The second-order valence-electron chi connectivity index (χ2n) is 6.37. The van der Waals surface area contributed by atoms with Crippen molar-refractivity contribution in [2.75, 3.05) is 45.0 Å². The quantitative estimate of drug-likeness (QED) is 0.721. The minimum Gasteiger partial charge on any atom is -0.340 e. The summed E-state index contributed by atoms with van der Waals surface area (Å²) in [6.45, 7) is 2.57. The van der Waals surface area contributed by atoms with E-state index in [1.807, 2.05) is 18.2 Å². The molecule has 0 spiro atoms. The Bertz CT molecular complexity index is 747. The summed E-state index contributed by atoms with van der Waals surface area (Å²) in [7, 11) is -3.38. The molecule has 0 aromatic heterocycles. The average molecular weight is 398 g/mol. The summed E-state index contributed by atoms with van der Waals surface area (Å²) in [6, 6.07) is 9.11. The molecule has 1 aromatic carbocycles. The molecular weight excluding hydrogens is 374 g/mol. The van der Waals surface area contributed by atoms with E-state index in [4.69, 9.17) is 0 Å². The van der Waals surface area contributed by atoms with Crippen molar-refractivity contribution in [2.24, 2.45) is 0 Å². The van der Waals surface area contributed by atoms with Crippen molar-refractivity contribution in [1.82, 2.24) is 14.1 Å². The topological polar surface area (TPSA) is 78.0 Å². The normalized spacial score (nSPS) is 19.2. The van der Waals surface area contributed by atoms with Crippen LogP contribution < -0.4 is 0 Å². The van der Waals surface area contributed by atoms with E-state index in [2.05, 4.69) is 0 Å². The van der Waals surface area contributed by atoms with Crippen molar-refractivity contribution < 1.29 is 18.0 Å². The highest BCUT2D eigenvalue weighted by atomic mass is 32.2. The van der Waals surface area contributed by atoms with Crippen LogP contribution in [0.2, 0.25) is 0 Å². The summed E-state index contributed by atoms with van der Waals surface area (Å²) >= 11 is 1.28. The lowest BCUT2D eigenvalue weighted by molar-refractivity contribution is -0.132. The molecule has 26 heavy (non-hydrogen) atoms. The molecule has 0 bridgehead atoms. The highest BCUT2D eigenvalue weighted by Gasteiger charge is 2.29. The fourth-order valence-corrected chi connectivity index (χ4v) is 5.48. The molecule has 0 aliphatic carbocycles. The highest BCUT2D eigenvalue weighted by molar-refractivity contribution is 8.13. The van der Waals surface area contributed by atoms with Crippen LogP contribution in [0.5, 0.6) is 0 Å². The summed E-state index contributed by atoms with van der Waals surface area (Å²) in [6.07, 6.45) is 0.295. The van der Waals surface area contributed by atoms with Crippen LogP contribution in [0.15, 0.2) is 30.3 Å². The van der Waals surface area contributed by atoms with E-state index in [-0.39, 0.29) is 16.9 Å². The van der Waals surface area contributed by atoms with Gasteiger partial charge in [0.25, 0.3) is 5.24 Å². The van der Waals surface area contributed by atoms with E-state index in [1.165, 1.54) is 16.1 Å².